The fourth-order valence-electron chi connectivity index (χ4n) is 6.90. The predicted molar refractivity (Wildman–Crippen MR) is 406 cm³/mol. The summed E-state index contributed by atoms with van der Waals surface area (Å²) in [6.07, 6.45) is 0.0117. The van der Waals surface area contributed by atoms with E-state index >= 15 is 0 Å². The Balaban J connectivity index is -0.000000380. The number of esters is 8. The van der Waals surface area contributed by atoms with Gasteiger partial charge in [-0.15, -0.1) is 0 Å². The highest BCUT2D eigenvalue weighted by atomic mass is 19.4. The van der Waals surface area contributed by atoms with Gasteiger partial charge in [-0.3, -0.25) is 43.2 Å². The van der Waals surface area contributed by atoms with E-state index in [9.17, 15) is 56.3 Å². The van der Waals surface area contributed by atoms with Crippen molar-refractivity contribution in [3.63, 3.8) is 0 Å². The van der Waals surface area contributed by atoms with Crippen molar-refractivity contribution < 1.29 is 142 Å². The summed E-state index contributed by atoms with van der Waals surface area (Å²) in [5.74, 6) is -2.06. The van der Waals surface area contributed by atoms with Crippen LogP contribution in [0, 0.1) is 12.8 Å². The van der Waals surface area contributed by atoms with E-state index in [1.165, 1.54) is 51.9 Å². The van der Waals surface area contributed by atoms with Crippen LogP contribution in [0.1, 0.15) is 188 Å². The average Bonchev–Trinajstić information content (AvgIpc) is 1.04. The molecule has 0 saturated heterocycles. The summed E-state index contributed by atoms with van der Waals surface area (Å²) >= 11 is 0. The number of hydrogen-bond donors (Lipinski definition) is 1. The maximum Gasteiger partial charge on any atom is 0.416 e. The number of carbonyl (C=O) groups excluding carboxylic acids is 8. The van der Waals surface area contributed by atoms with Gasteiger partial charge in [-0.1, -0.05) is 72.3 Å². The van der Waals surface area contributed by atoms with Gasteiger partial charge in [0.2, 0.25) is 0 Å². The molecule has 0 heterocycles. The molecule has 1 saturated carbocycles. The van der Waals surface area contributed by atoms with Gasteiger partial charge >= 0.3 is 59.9 Å². The molecule has 3 aromatic rings. The molecule has 0 aromatic heterocycles. The number of aryl methyl sites for hydroxylation is 1. The van der Waals surface area contributed by atoms with Crippen molar-refractivity contribution in [2.75, 3.05) is 97.5 Å². The average molecular weight is 1580 g/mol. The molecular formula is C80H131F3O27. The van der Waals surface area contributed by atoms with Crippen molar-refractivity contribution in [2.45, 2.75) is 248 Å². The van der Waals surface area contributed by atoms with E-state index < -0.39 is 29.3 Å². The van der Waals surface area contributed by atoms with E-state index in [1.807, 2.05) is 138 Å². The van der Waals surface area contributed by atoms with E-state index in [0.29, 0.717) is 89.5 Å². The lowest BCUT2D eigenvalue weighted by molar-refractivity contribution is -0.157. The highest BCUT2D eigenvalue weighted by molar-refractivity contribution is 5.72. The van der Waals surface area contributed by atoms with Crippen LogP contribution >= 0.6 is 0 Å². The van der Waals surface area contributed by atoms with Crippen LogP contribution < -0.4 is 0 Å². The number of halogens is 3. The van der Waals surface area contributed by atoms with Gasteiger partial charge in [0, 0.05) is 64.0 Å². The van der Waals surface area contributed by atoms with Gasteiger partial charge in [0.25, 0.3) is 0 Å². The molecule has 1 fully saturated rings. The number of carboxylic acid groups (broad SMARTS) is 1. The number of aliphatic carboxylic acids is 1. The minimum atomic E-state index is -4.35. The van der Waals surface area contributed by atoms with Crippen molar-refractivity contribution in [1.82, 2.24) is 0 Å². The molecule has 1 N–H and O–H groups in total. The third-order valence-electron chi connectivity index (χ3n) is 14.0. The molecule has 27 nitrogen and oxygen atoms in total. The standard InChI is InChI=1S/C12H13F3O3.2C12H16O3.C9H16O3.C9H18O3.C8H16O3.C7H14O3.C6H12O3.C5H10O3/c1-17-7-6-11(16)18-8-9-2-4-10(5-3-9)12(13,14)15;1-10-3-5-11(6-4-10)9-15-12(13)7-8-14-2;1-10(14-2)8-12(13)15-9-11-6-4-3-5-7-11;1-7(11-2)5-9(10)12-6-8-3-4-8;1-7(11-5)6-8(10)12-9(2,3)4;1-6(2)11-8(9)5-7(3)10-4;1-4-10-7(8)5-6(2)9-3;1-5(8-2)4-6(7)9-3;1-4(8-2)3-5(6)7/h2-5H,6-8H2,1H3;3-6H,7-9H2,1-2H3;3-7,10H,8-9H2,1-2H3;7-8H,3-6H2,1-2H3;7H,6H2,1-5H3;6-7H,5H2,1-4H3;6H,4-5H2,1-3H3;5H,4H2,1-3H3;4H,3H2,1-2H3,(H,6,7). The first kappa shape index (κ1) is 111. The van der Waals surface area contributed by atoms with Crippen molar-refractivity contribution in [3.8, 4) is 0 Å². The quantitative estimate of drug-likeness (QED) is 0.0414. The predicted octanol–water partition coefficient (Wildman–Crippen LogP) is 13.6. The van der Waals surface area contributed by atoms with Crippen LogP contribution in [0.3, 0.4) is 0 Å². The molecular weight excluding hydrogens is 1450 g/mol. The van der Waals surface area contributed by atoms with E-state index in [1.54, 1.807) is 63.6 Å². The Hall–Kier alpha value is -7.68. The molecule has 634 valence electrons. The van der Waals surface area contributed by atoms with Crippen LogP contribution in [0.25, 0.3) is 0 Å². The second-order valence-electron chi connectivity index (χ2n) is 25.9. The summed E-state index contributed by atoms with van der Waals surface area (Å²) < 4.78 is 120. The molecule has 1 aliphatic rings. The zero-order valence-electron chi connectivity index (χ0n) is 69.6. The summed E-state index contributed by atoms with van der Waals surface area (Å²) in [5, 5.41) is 8.14. The van der Waals surface area contributed by atoms with Crippen molar-refractivity contribution in [1.29, 1.82) is 0 Å². The Morgan fingerprint density at radius 3 is 1.06 bits per heavy atom. The van der Waals surface area contributed by atoms with E-state index in [0.717, 1.165) is 23.3 Å². The number of methoxy groups -OCH3 is 10. The maximum absolute atomic E-state index is 12.3. The van der Waals surface area contributed by atoms with Crippen LogP contribution in [-0.2, 0) is 150 Å². The second-order valence-corrected chi connectivity index (χ2v) is 25.9. The normalized spacial score (nSPS) is 12.9. The Kier molecular flexibility index (Phi) is 69.8. The highest BCUT2D eigenvalue weighted by Crippen LogP contribution is 2.30. The van der Waals surface area contributed by atoms with Gasteiger partial charge < -0.3 is 85.6 Å². The molecule has 30 heteroatoms. The summed E-state index contributed by atoms with van der Waals surface area (Å²) in [7, 11) is 15.3. The Bertz CT molecular complexity index is 2830. The van der Waals surface area contributed by atoms with Crippen LogP contribution in [0.5, 0.6) is 0 Å². The van der Waals surface area contributed by atoms with E-state index in [2.05, 4.69) is 9.47 Å². The molecule has 0 radical (unpaired) electrons. The molecule has 7 atom stereocenters. The number of carboxylic acids is 1. The first-order chi connectivity index (χ1) is 51.6. The summed E-state index contributed by atoms with van der Waals surface area (Å²) in [5.41, 5.74) is 2.59. The third kappa shape index (κ3) is 77.1. The summed E-state index contributed by atoms with van der Waals surface area (Å²) in [6.45, 7) is 28.1. The molecule has 110 heavy (non-hydrogen) atoms. The number of ether oxygens (including phenoxy) is 17. The first-order valence-corrected chi connectivity index (χ1v) is 36.0. The zero-order valence-corrected chi connectivity index (χ0v) is 69.6. The molecule has 0 bridgehead atoms. The summed E-state index contributed by atoms with van der Waals surface area (Å²) in [6, 6.07) is 22.0. The fourth-order valence-corrected chi connectivity index (χ4v) is 6.90. The van der Waals surface area contributed by atoms with Crippen LogP contribution in [0.2, 0.25) is 0 Å². The number of carbonyl (C=O) groups is 9. The van der Waals surface area contributed by atoms with Crippen LogP contribution in [-0.4, -0.2) is 211 Å². The van der Waals surface area contributed by atoms with Crippen molar-refractivity contribution in [2.24, 2.45) is 5.92 Å². The van der Waals surface area contributed by atoms with Gasteiger partial charge in [0.1, 0.15) is 25.4 Å². The molecule has 1 aliphatic carbocycles. The van der Waals surface area contributed by atoms with Gasteiger partial charge in [-0.25, -0.2) is 0 Å². The topological polar surface area (TPSA) is 331 Å². The Labute approximate surface area is 651 Å². The lowest BCUT2D eigenvalue weighted by Crippen LogP contribution is -2.26. The Morgan fingerprint density at radius 1 is 0.418 bits per heavy atom. The first-order valence-electron chi connectivity index (χ1n) is 36.0. The van der Waals surface area contributed by atoms with Gasteiger partial charge in [0.15, 0.2) is 0 Å². The smallest absolute Gasteiger partial charge is 0.416 e. The largest absolute Gasteiger partial charge is 0.481 e. The Morgan fingerprint density at radius 2 is 0.745 bits per heavy atom. The highest BCUT2D eigenvalue weighted by Gasteiger charge is 2.30. The van der Waals surface area contributed by atoms with Gasteiger partial charge in [0.05, 0.1) is 146 Å². The van der Waals surface area contributed by atoms with Crippen LogP contribution in [0.15, 0.2) is 78.9 Å². The maximum atomic E-state index is 12.3. The second kappa shape index (κ2) is 69.3. The van der Waals surface area contributed by atoms with Crippen molar-refractivity contribution in [3.05, 3.63) is 107 Å². The van der Waals surface area contributed by atoms with Crippen LogP contribution in [0.4, 0.5) is 13.2 Å². The lowest BCUT2D eigenvalue weighted by atomic mass is 10.1. The molecule has 4 rings (SSSR count). The molecule has 0 amide bonds. The summed E-state index contributed by atoms with van der Waals surface area (Å²) in [4.78, 5) is 97.7. The van der Waals surface area contributed by atoms with Gasteiger partial charge in [-0.2, -0.15) is 13.2 Å². The number of hydrogen-bond acceptors (Lipinski definition) is 26. The van der Waals surface area contributed by atoms with Crippen molar-refractivity contribution >= 4 is 53.7 Å². The number of alkyl halides is 3. The monoisotopic (exact) mass is 1580 g/mol. The molecule has 0 spiro atoms. The SMILES string of the molecule is CCOC(=O)CC(C)OC.COC(=O)CC(C)OC.COC(C)CC(=O)O.COC(C)CC(=O)OC(C)(C)C.COC(C)CC(=O)OC(C)C.COC(C)CC(=O)OCC1CC1.COC(C)CC(=O)OCc1ccccc1.COCCC(=O)OCc1ccc(C(F)(F)F)cc1.COCCC(=O)OCc1ccc(C)cc1. The van der Waals surface area contributed by atoms with E-state index in [-0.39, 0.29) is 117 Å². The third-order valence-corrected chi connectivity index (χ3v) is 14.0. The minimum Gasteiger partial charge on any atom is -0.481 e. The lowest BCUT2D eigenvalue weighted by Gasteiger charge is -2.20. The molecule has 0 aliphatic heterocycles. The molecule has 3 aromatic carbocycles. The minimum absolute atomic E-state index is 0.0308. The number of rotatable bonds is 37. The fraction of sp³-hybridized carbons (Fsp3) is 0.662. The molecule has 7 unspecified atom stereocenters. The van der Waals surface area contributed by atoms with E-state index in [4.69, 9.17) is 76.2 Å². The zero-order chi connectivity index (χ0) is 85.2. The number of benzene rings is 3. The van der Waals surface area contributed by atoms with Gasteiger partial charge in [-0.05, 0) is 145 Å².